The monoisotopic (exact) mass is 599 g/mol. The predicted molar refractivity (Wildman–Crippen MR) is 152 cm³/mol. The number of nitrogens with one attached hydrogen (secondary N) is 1. The van der Waals surface area contributed by atoms with Gasteiger partial charge in [0.2, 0.25) is 17.4 Å². The highest BCUT2D eigenvalue weighted by Gasteiger charge is 2.37. The maximum atomic E-state index is 14.7. The van der Waals surface area contributed by atoms with Gasteiger partial charge in [-0.2, -0.15) is 9.65 Å². The van der Waals surface area contributed by atoms with E-state index in [2.05, 4.69) is 15.3 Å². The summed E-state index contributed by atoms with van der Waals surface area (Å²) in [5.74, 6) is -3.94. The largest absolute Gasteiger partial charge is 0.476 e. The van der Waals surface area contributed by atoms with E-state index in [0.29, 0.717) is 32.7 Å². The molecule has 1 N–H and O–H groups in total. The van der Waals surface area contributed by atoms with E-state index in [1.54, 1.807) is 20.8 Å². The first-order chi connectivity index (χ1) is 19.9. The molecule has 0 aliphatic carbocycles. The number of benzene rings is 2. The lowest BCUT2D eigenvalue weighted by Crippen LogP contribution is -2.52. The van der Waals surface area contributed by atoms with E-state index in [9.17, 15) is 23.2 Å². The quantitative estimate of drug-likeness (QED) is 0.496. The van der Waals surface area contributed by atoms with Gasteiger partial charge < -0.3 is 24.8 Å². The summed E-state index contributed by atoms with van der Waals surface area (Å²) >= 11 is 6.41. The zero-order chi connectivity index (χ0) is 30.6. The smallest absolute Gasteiger partial charge is 0.274 e. The van der Waals surface area contributed by atoms with Crippen LogP contribution in [0.2, 0.25) is 5.02 Å². The molecule has 0 aromatic heterocycles. The molecule has 0 saturated carbocycles. The normalized spacial score (nSPS) is 18.1. The van der Waals surface area contributed by atoms with Gasteiger partial charge in [-0.25, -0.2) is 9.38 Å². The number of hydrogen-bond donors (Lipinski definition) is 1. The average molecular weight is 600 g/mol. The number of amides is 3. The number of halogens is 3. The Morgan fingerprint density at radius 1 is 1.12 bits per heavy atom. The first-order valence-electron chi connectivity index (χ1n) is 12.9. The van der Waals surface area contributed by atoms with Crippen LogP contribution in [-0.2, 0) is 9.59 Å². The number of piperazine rings is 1. The van der Waals surface area contributed by atoms with Crippen LogP contribution in [0.3, 0.4) is 0 Å². The summed E-state index contributed by atoms with van der Waals surface area (Å²) in [7, 11) is 3.63. The molecule has 0 bridgehead atoms. The van der Waals surface area contributed by atoms with Gasteiger partial charge in [-0.1, -0.05) is 11.6 Å². The third-order valence-corrected chi connectivity index (χ3v) is 6.96. The molecule has 2 aliphatic rings. The molecule has 4 rings (SSSR count). The van der Waals surface area contributed by atoms with Crippen molar-refractivity contribution in [2.45, 2.75) is 12.6 Å². The molecule has 11 nitrogen and oxygen atoms in total. The average Bonchev–Trinajstić information content (AvgIpc) is 3.36. The highest BCUT2D eigenvalue weighted by Crippen LogP contribution is 2.28. The van der Waals surface area contributed by atoms with Crippen LogP contribution >= 0.6 is 11.6 Å². The second kappa shape index (κ2) is 12.6. The molecule has 1 unspecified atom stereocenters. The molecule has 1 saturated heterocycles. The van der Waals surface area contributed by atoms with Gasteiger partial charge in [0.15, 0.2) is 18.2 Å². The minimum atomic E-state index is -1.68. The first-order valence-corrected chi connectivity index (χ1v) is 13.3. The molecular formula is C28H28ClF2N7O4. The van der Waals surface area contributed by atoms with Crippen LogP contribution in [0.5, 0.6) is 5.75 Å². The fraction of sp³-hybridized carbons (Fsp3) is 0.357. The zero-order valence-corrected chi connectivity index (χ0v) is 23.9. The summed E-state index contributed by atoms with van der Waals surface area (Å²) in [5.41, 5.74) is -1.45. The van der Waals surface area contributed by atoms with Gasteiger partial charge in [-0.3, -0.25) is 19.4 Å². The van der Waals surface area contributed by atoms with E-state index in [0.717, 1.165) is 12.3 Å². The number of rotatable bonds is 8. The number of carbonyl (C=O) groups excluding carboxylic acids is 3. The second-order valence-electron chi connectivity index (χ2n) is 10.0. The highest BCUT2D eigenvalue weighted by atomic mass is 35.5. The standard InChI is InChI=1S/C28H28ClF2N7O4/c1-28(33-15-21(35-28)19-6-7-22(42-13-8-32)25(31)24(19)30)27(41)34-17-4-5-18(20(29)14-17)26(40)38-11-9-37(10-12-38)23(39)16-36(2)3/h4-7,14-15H,9-13,16H2,1-3H3,(H,34,41). The van der Waals surface area contributed by atoms with Gasteiger partial charge in [0.25, 0.3) is 11.8 Å². The van der Waals surface area contributed by atoms with Crippen molar-refractivity contribution in [3.8, 4) is 11.8 Å². The van der Waals surface area contributed by atoms with Crippen LogP contribution in [0.15, 0.2) is 40.3 Å². The summed E-state index contributed by atoms with van der Waals surface area (Å²) in [4.78, 5) is 51.9. The van der Waals surface area contributed by atoms with Crippen molar-refractivity contribution in [2.24, 2.45) is 9.98 Å². The Hall–Kier alpha value is -4.41. The molecule has 2 aliphatic heterocycles. The van der Waals surface area contributed by atoms with Crippen molar-refractivity contribution < 1.29 is 27.9 Å². The summed E-state index contributed by atoms with van der Waals surface area (Å²) in [5, 5.41) is 11.3. The number of hydrogen-bond acceptors (Lipinski definition) is 8. The van der Waals surface area contributed by atoms with Crippen LogP contribution in [0, 0.1) is 23.0 Å². The van der Waals surface area contributed by atoms with E-state index in [1.165, 1.54) is 31.2 Å². The molecule has 14 heteroatoms. The molecule has 2 aromatic carbocycles. The van der Waals surface area contributed by atoms with Crippen molar-refractivity contribution in [1.82, 2.24) is 14.7 Å². The van der Waals surface area contributed by atoms with E-state index in [1.807, 2.05) is 14.1 Å². The maximum Gasteiger partial charge on any atom is 0.274 e. The van der Waals surface area contributed by atoms with Crippen molar-refractivity contribution in [3.63, 3.8) is 0 Å². The number of aliphatic imine (C=N–C) groups is 2. The van der Waals surface area contributed by atoms with Crippen LogP contribution in [-0.4, -0.2) is 103 Å². The molecule has 0 radical (unpaired) electrons. The van der Waals surface area contributed by atoms with Crippen LogP contribution in [0.4, 0.5) is 14.5 Å². The SMILES string of the molecule is CN(C)CC(=O)N1CCN(C(=O)c2ccc(NC(=O)C3(C)N=CC(c4ccc(OCC#N)c(F)c4F)=N3)cc2Cl)CC1. The Bertz CT molecular complexity index is 1520. The Balaban J connectivity index is 1.41. The predicted octanol–water partition coefficient (Wildman–Crippen LogP) is 2.59. The molecule has 220 valence electrons. The zero-order valence-electron chi connectivity index (χ0n) is 23.2. The Labute approximate surface area is 246 Å². The number of carbonyl (C=O) groups is 3. The fourth-order valence-electron chi connectivity index (χ4n) is 4.38. The Kier molecular flexibility index (Phi) is 9.18. The minimum absolute atomic E-state index is 0.00112. The van der Waals surface area contributed by atoms with E-state index in [-0.39, 0.29) is 39.4 Å². The minimum Gasteiger partial charge on any atom is -0.476 e. The van der Waals surface area contributed by atoms with Crippen LogP contribution in [0.1, 0.15) is 22.8 Å². The second-order valence-corrected chi connectivity index (χ2v) is 10.4. The number of likely N-dealkylation sites (N-methyl/N-ethyl adjacent to an activating group) is 1. The topological polar surface area (TPSA) is 131 Å². The van der Waals surface area contributed by atoms with Gasteiger partial charge in [-0.15, -0.1) is 0 Å². The maximum absolute atomic E-state index is 14.7. The third-order valence-electron chi connectivity index (χ3n) is 6.65. The van der Waals surface area contributed by atoms with Crippen molar-refractivity contribution in [2.75, 3.05) is 58.7 Å². The summed E-state index contributed by atoms with van der Waals surface area (Å²) in [6.45, 7) is 2.81. The lowest BCUT2D eigenvalue weighted by atomic mass is 10.1. The van der Waals surface area contributed by atoms with Gasteiger partial charge in [-0.05, 0) is 51.4 Å². The molecule has 0 spiro atoms. The van der Waals surface area contributed by atoms with E-state index >= 15 is 0 Å². The number of anilines is 1. The molecule has 2 heterocycles. The third kappa shape index (κ3) is 6.56. The molecule has 1 fully saturated rings. The van der Waals surface area contributed by atoms with Crippen molar-refractivity contribution in [1.29, 1.82) is 5.26 Å². The summed E-state index contributed by atoms with van der Waals surface area (Å²) in [6.07, 6.45) is 1.16. The van der Waals surface area contributed by atoms with Gasteiger partial charge in [0.05, 0.1) is 29.1 Å². The lowest BCUT2D eigenvalue weighted by Gasteiger charge is -2.35. The molecule has 1 atom stereocenters. The summed E-state index contributed by atoms with van der Waals surface area (Å²) in [6, 6.07) is 8.47. The molecule has 42 heavy (non-hydrogen) atoms. The number of nitriles is 1. The Morgan fingerprint density at radius 2 is 1.81 bits per heavy atom. The lowest BCUT2D eigenvalue weighted by molar-refractivity contribution is -0.133. The summed E-state index contributed by atoms with van der Waals surface area (Å²) < 4.78 is 33.9. The molecular weight excluding hydrogens is 572 g/mol. The van der Waals surface area contributed by atoms with Crippen LogP contribution < -0.4 is 10.1 Å². The fourth-order valence-corrected chi connectivity index (χ4v) is 4.65. The van der Waals surface area contributed by atoms with E-state index < -0.39 is 35.6 Å². The highest BCUT2D eigenvalue weighted by molar-refractivity contribution is 6.40. The van der Waals surface area contributed by atoms with Gasteiger partial charge in [0.1, 0.15) is 6.07 Å². The molecule has 3 amide bonds. The van der Waals surface area contributed by atoms with Gasteiger partial charge in [0, 0.05) is 37.4 Å². The first kappa shape index (κ1) is 30.5. The van der Waals surface area contributed by atoms with Crippen molar-refractivity contribution in [3.05, 3.63) is 58.1 Å². The number of nitrogens with zero attached hydrogens (tertiary/aromatic N) is 6. The van der Waals surface area contributed by atoms with Crippen molar-refractivity contribution >= 4 is 46.9 Å². The number of ether oxygens (including phenoxy) is 1. The Morgan fingerprint density at radius 3 is 2.45 bits per heavy atom. The van der Waals surface area contributed by atoms with Gasteiger partial charge >= 0.3 is 0 Å². The van der Waals surface area contributed by atoms with E-state index in [4.69, 9.17) is 21.6 Å². The van der Waals surface area contributed by atoms with Crippen LogP contribution in [0.25, 0.3) is 0 Å². The molecule has 2 aromatic rings.